The van der Waals surface area contributed by atoms with Crippen molar-refractivity contribution in [2.45, 2.75) is 0 Å². The monoisotopic (exact) mass is 355 g/mol. The lowest BCUT2D eigenvalue weighted by atomic mass is 10.1. The van der Waals surface area contributed by atoms with E-state index in [2.05, 4.69) is 11.4 Å². The quantitative estimate of drug-likeness (QED) is 0.650. The van der Waals surface area contributed by atoms with Crippen molar-refractivity contribution in [1.82, 2.24) is 5.32 Å². The number of hydrogen-bond acceptors (Lipinski definition) is 3. The number of carbonyl (C=O) groups is 1. The highest BCUT2D eigenvalue weighted by Crippen LogP contribution is 2.20. The minimum atomic E-state index is -0.206. The molecule has 128 valence electrons. The molecule has 0 spiro atoms. The Labute approximate surface area is 151 Å². The van der Waals surface area contributed by atoms with Gasteiger partial charge < -0.3 is 14.8 Å². The molecule has 5 heteroatoms. The van der Waals surface area contributed by atoms with Crippen LogP contribution in [-0.4, -0.2) is 25.7 Å². The summed E-state index contributed by atoms with van der Waals surface area (Å²) in [7, 11) is 0. The van der Waals surface area contributed by atoms with Crippen molar-refractivity contribution >= 4 is 28.3 Å². The van der Waals surface area contributed by atoms with E-state index < -0.39 is 0 Å². The average Bonchev–Trinajstić information content (AvgIpc) is 2.63. The van der Waals surface area contributed by atoms with Crippen molar-refractivity contribution < 1.29 is 14.3 Å². The van der Waals surface area contributed by atoms with Crippen LogP contribution in [0.5, 0.6) is 11.5 Å². The summed E-state index contributed by atoms with van der Waals surface area (Å²) < 4.78 is 11.0. The molecule has 0 aliphatic carbocycles. The SMILES string of the molecule is O=C(COc1cccc(Cl)c1)NCCOc1ccc2ccccc2c1. The van der Waals surface area contributed by atoms with Gasteiger partial charge in [-0.15, -0.1) is 0 Å². The van der Waals surface area contributed by atoms with Crippen LogP contribution in [0.3, 0.4) is 0 Å². The van der Waals surface area contributed by atoms with Crippen LogP contribution in [-0.2, 0) is 4.79 Å². The zero-order chi connectivity index (χ0) is 17.5. The first-order valence-corrected chi connectivity index (χ1v) is 8.35. The molecule has 4 nitrogen and oxygen atoms in total. The third kappa shape index (κ3) is 5.13. The number of halogens is 1. The maximum Gasteiger partial charge on any atom is 0.258 e. The third-order valence-electron chi connectivity index (χ3n) is 3.58. The van der Waals surface area contributed by atoms with Gasteiger partial charge in [-0.1, -0.05) is 48.0 Å². The molecule has 1 N–H and O–H groups in total. The van der Waals surface area contributed by atoms with Crippen molar-refractivity contribution in [2.24, 2.45) is 0 Å². The normalized spacial score (nSPS) is 10.4. The molecule has 0 radical (unpaired) electrons. The fourth-order valence-corrected chi connectivity index (χ4v) is 2.55. The third-order valence-corrected chi connectivity index (χ3v) is 3.81. The molecule has 0 heterocycles. The predicted molar refractivity (Wildman–Crippen MR) is 99.4 cm³/mol. The van der Waals surface area contributed by atoms with Crippen molar-refractivity contribution in [1.29, 1.82) is 0 Å². The van der Waals surface area contributed by atoms with Gasteiger partial charge in [0.25, 0.3) is 5.91 Å². The Hall–Kier alpha value is -2.72. The maximum atomic E-state index is 11.8. The highest BCUT2D eigenvalue weighted by atomic mass is 35.5. The van der Waals surface area contributed by atoms with Crippen LogP contribution in [0.2, 0.25) is 5.02 Å². The summed E-state index contributed by atoms with van der Waals surface area (Å²) in [5.74, 6) is 1.14. The molecular weight excluding hydrogens is 338 g/mol. The number of ether oxygens (including phenoxy) is 2. The maximum absolute atomic E-state index is 11.8. The molecule has 0 aliphatic heterocycles. The fourth-order valence-electron chi connectivity index (χ4n) is 2.37. The van der Waals surface area contributed by atoms with E-state index in [4.69, 9.17) is 21.1 Å². The Balaban J connectivity index is 1.39. The fraction of sp³-hybridized carbons (Fsp3) is 0.150. The van der Waals surface area contributed by atoms with Gasteiger partial charge in [0.05, 0.1) is 6.54 Å². The van der Waals surface area contributed by atoms with Crippen LogP contribution in [0.4, 0.5) is 0 Å². The second-order valence-electron chi connectivity index (χ2n) is 5.45. The molecule has 0 bridgehead atoms. The molecule has 0 saturated heterocycles. The van der Waals surface area contributed by atoms with E-state index in [1.54, 1.807) is 24.3 Å². The summed E-state index contributed by atoms with van der Waals surface area (Å²) in [5, 5.41) is 5.62. The van der Waals surface area contributed by atoms with Crippen LogP contribution < -0.4 is 14.8 Å². The number of fused-ring (bicyclic) bond motifs is 1. The van der Waals surface area contributed by atoms with Crippen LogP contribution in [0.15, 0.2) is 66.7 Å². The molecule has 0 saturated carbocycles. The minimum absolute atomic E-state index is 0.0592. The summed E-state index contributed by atoms with van der Waals surface area (Å²) in [4.78, 5) is 11.8. The smallest absolute Gasteiger partial charge is 0.258 e. The van der Waals surface area contributed by atoms with Gasteiger partial charge in [-0.2, -0.15) is 0 Å². The highest BCUT2D eigenvalue weighted by Gasteiger charge is 2.03. The largest absolute Gasteiger partial charge is 0.492 e. The van der Waals surface area contributed by atoms with Crippen molar-refractivity contribution in [3.63, 3.8) is 0 Å². The van der Waals surface area contributed by atoms with Crippen molar-refractivity contribution in [3.05, 3.63) is 71.8 Å². The van der Waals surface area contributed by atoms with Gasteiger partial charge in [-0.25, -0.2) is 0 Å². The zero-order valence-electron chi connectivity index (χ0n) is 13.6. The van der Waals surface area contributed by atoms with Gasteiger partial charge in [-0.3, -0.25) is 4.79 Å². The van der Waals surface area contributed by atoms with Crippen molar-refractivity contribution in [3.8, 4) is 11.5 Å². The number of benzene rings is 3. The molecule has 1 amide bonds. The van der Waals surface area contributed by atoms with E-state index in [0.717, 1.165) is 11.1 Å². The Kier molecular flexibility index (Phi) is 5.75. The predicted octanol–water partition coefficient (Wildman–Crippen LogP) is 4.07. The molecule has 0 unspecified atom stereocenters. The van der Waals surface area contributed by atoms with Crippen molar-refractivity contribution in [2.75, 3.05) is 19.8 Å². The van der Waals surface area contributed by atoms with Crippen LogP contribution in [0, 0.1) is 0 Å². The van der Waals surface area contributed by atoms with Gasteiger partial charge in [0.2, 0.25) is 0 Å². The van der Waals surface area contributed by atoms with E-state index in [0.29, 0.717) is 23.9 Å². The summed E-state index contributed by atoms with van der Waals surface area (Å²) in [6, 6.07) is 21.0. The lowest BCUT2D eigenvalue weighted by Gasteiger charge is -2.09. The molecule has 0 atom stereocenters. The number of hydrogen-bond donors (Lipinski definition) is 1. The molecule has 0 aromatic heterocycles. The summed E-state index contributed by atoms with van der Waals surface area (Å²) >= 11 is 5.86. The van der Waals surface area contributed by atoms with Gasteiger partial charge in [-0.05, 0) is 41.1 Å². The Morgan fingerprint density at radius 1 is 0.880 bits per heavy atom. The van der Waals surface area contributed by atoms with Gasteiger partial charge in [0, 0.05) is 5.02 Å². The zero-order valence-corrected chi connectivity index (χ0v) is 14.3. The van der Waals surface area contributed by atoms with E-state index in [1.807, 2.05) is 36.4 Å². The first-order valence-electron chi connectivity index (χ1n) is 7.97. The first-order chi connectivity index (χ1) is 12.2. The molecule has 3 rings (SSSR count). The van der Waals surface area contributed by atoms with Gasteiger partial charge >= 0.3 is 0 Å². The first kappa shape index (κ1) is 17.1. The van der Waals surface area contributed by atoms with E-state index in [-0.39, 0.29) is 12.5 Å². The van der Waals surface area contributed by atoms with Crippen LogP contribution in [0.1, 0.15) is 0 Å². The average molecular weight is 356 g/mol. The van der Waals surface area contributed by atoms with Gasteiger partial charge in [0.1, 0.15) is 18.1 Å². The molecule has 25 heavy (non-hydrogen) atoms. The number of carbonyl (C=O) groups excluding carboxylic acids is 1. The lowest BCUT2D eigenvalue weighted by molar-refractivity contribution is -0.123. The number of amides is 1. The number of nitrogens with one attached hydrogen (secondary N) is 1. The lowest BCUT2D eigenvalue weighted by Crippen LogP contribution is -2.32. The molecule has 3 aromatic rings. The highest BCUT2D eigenvalue weighted by molar-refractivity contribution is 6.30. The topological polar surface area (TPSA) is 47.6 Å². The van der Waals surface area contributed by atoms with E-state index >= 15 is 0 Å². The second kappa shape index (κ2) is 8.40. The molecule has 0 aliphatic rings. The minimum Gasteiger partial charge on any atom is -0.492 e. The number of rotatable bonds is 7. The Morgan fingerprint density at radius 2 is 1.68 bits per heavy atom. The molecule has 3 aromatic carbocycles. The van der Waals surface area contributed by atoms with E-state index in [9.17, 15) is 4.79 Å². The summed E-state index contributed by atoms with van der Waals surface area (Å²) in [5.41, 5.74) is 0. The molecular formula is C20H18ClNO3. The standard InChI is InChI=1S/C20H18ClNO3/c21-17-6-3-7-18(13-17)25-14-20(23)22-10-11-24-19-9-8-15-4-1-2-5-16(15)12-19/h1-9,12-13H,10-11,14H2,(H,22,23). The second-order valence-corrected chi connectivity index (χ2v) is 5.89. The summed E-state index contributed by atoms with van der Waals surface area (Å²) in [6.07, 6.45) is 0. The Bertz CT molecular complexity index is 866. The van der Waals surface area contributed by atoms with Gasteiger partial charge in [0.15, 0.2) is 6.61 Å². The van der Waals surface area contributed by atoms with Crippen LogP contribution in [0.25, 0.3) is 10.8 Å². The van der Waals surface area contributed by atoms with E-state index in [1.165, 1.54) is 5.39 Å². The summed E-state index contributed by atoms with van der Waals surface area (Å²) in [6.45, 7) is 0.738. The Morgan fingerprint density at radius 3 is 2.52 bits per heavy atom. The van der Waals surface area contributed by atoms with Crippen LogP contribution >= 0.6 is 11.6 Å². The molecule has 0 fully saturated rings.